The van der Waals surface area contributed by atoms with Gasteiger partial charge in [-0.25, -0.2) is 0 Å². The monoisotopic (exact) mass is 280 g/mol. The Balaban J connectivity index is 2.33. The molecule has 1 aromatic rings. The molecule has 0 fully saturated rings. The maximum Gasteiger partial charge on any atom is 0.103 e. The third-order valence-electron chi connectivity index (χ3n) is 3.04. The first-order valence-electron chi connectivity index (χ1n) is 6.80. The van der Waals surface area contributed by atoms with Crippen LogP contribution in [0.3, 0.4) is 0 Å². The van der Waals surface area contributed by atoms with Crippen molar-refractivity contribution in [3.63, 3.8) is 0 Å². The van der Waals surface area contributed by atoms with Gasteiger partial charge in [0.25, 0.3) is 0 Å². The van der Waals surface area contributed by atoms with Gasteiger partial charge >= 0.3 is 0 Å². The Kier molecular flexibility index (Phi) is 6.40. The Morgan fingerprint density at radius 2 is 2.32 bits per heavy atom. The molecule has 4 nitrogen and oxygen atoms in total. The average molecular weight is 280 g/mol. The first-order chi connectivity index (χ1) is 9.00. The molecule has 1 rings (SSSR count). The molecule has 19 heavy (non-hydrogen) atoms. The molecule has 0 aliphatic carbocycles. The van der Waals surface area contributed by atoms with Crippen LogP contribution < -0.4 is 5.32 Å². The fraction of sp³-hybridized carbons (Fsp3) is 0.714. The lowest BCUT2D eigenvalue weighted by atomic mass is 9.98. The van der Waals surface area contributed by atoms with Gasteiger partial charge < -0.3 is 0 Å². The van der Waals surface area contributed by atoms with Crippen LogP contribution in [0.25, 0.3) is 0 Å². The zero-order chi connectivity index (χ0) is 14.3. The third kappa shape index (κ3) is 5.25. The molecule has 1 heterocycles. The summed E-state index contributed by atoms with van der Waals surface area (Å²) >= 11 is 1.81. The molecule has 1 unspecified atom stereocenters. The highest BCUT2D eigenvalue weighted by molar-refractivity contribution is 7.99. The molecule has 0 radical (unpaired) electrons. The molecule has 1 N–H and O–H groups in total. The number of hydrogen-bond acceptors (Lipinski definition) is 4. The van der Waals surface area contributed by atoms with Crippen LogP contribution in [0, 0.1) is 18.3 Å². The Morgan fingerprint density at radius 1 is 1.58 bits per heavy atom. The number of hydrogen-bond donors (Lipinski definition) is 1. The molecule has 0 saturated heterocycles. The first kappa shape index (κ1) is 16.1. The molecule has 106 valence electrons. The molecule has 0 amide bonds. The van der Waals surface area contributed by atoms with E-state index in [0.717, 1.165) is 37.3 Å². The lowest BCUT2D eigenvalue weighted by Gasteiger charge is -2.22. The highest BCUT2D eigenvalue weighted by atomic mass is 32.2. The van der Waals surface area contributed by atoms with E-state index < -0.39 is 0 Å². The van der Waals surface area contributed by atoms with E-state index in [1.807, 2.05) is 25.6 Å². The van der Waals surface area contributed by atoms with E-state index in [-0.39, 0.29) is 5.54 Å². The second kappa shape index (κ2) is 7.56. The van der Waals surface area contributed by atoms with Crippen LogP contribution in [0.2, 0.25) is 0 Å². The van der Waals surface area contributed by atoms with Gasteiger partial charge in [-0.05, 0) is 51.5 Å². The van der Waals surface area contributed by atoms with E-state index in [1.54, 1.807) is 11.8 Å². The second-order valence-electron chi connectivity index (χ2n) is 5.07. The fourth-order valence-electron chi connectivity index (χ4n) is 1.91. The van der Waals surface area contributed by atoms with E-state index in [2.05, 4.69) is 29.5 Å². The smallest absolute Gasteiger partial charge is 0.103 e. The first-order valence-corrected chi connectivity index (χ1v) is 7.79. The summed E-state index contributed by atoms with van der Waals surface area (Å²) in [7, 11) is 1.97. The van der Waals surface area contributed by atoms with E-state index in [1.165, 1.54) is 5.03 Å². The summed E-state index contributed by atoms with van der Waals surface area (Å²) in [6.45, 7) is 7.01. The summed E-state index contributed by atoms with van der Waals surface area (Å²) in [5.41, 5.74) is 0.662. The van der Waals surface area contributed by atoms with Gasteiger partial charge in [0.05, 0.1) is 16.8 Å². The molecule has 0 saturated carbocycles. The normalized spacial score (nSPS) is 14.1. The minimum atomic E-state index is -0.390. The van der Waals surface area contributed by atoms with Gasteiger partial charge in [0.15, 0.2) is 0 Å². The second-order valence-corrected chi connectivity index (χ2v) is 6.19. The highest BCUT2D eigenvalue weighted by Crippen LogP contribution is 2.21. The summed E-state index contributed by atoms with van der Waals surface area (Å²) in [6, 6.07) is 4.49. The van der Waals surface area contributed by atoms with Crippen LogP contribution in [-0.2, 0) is 7.05 Å². The molecule has 0 bridgehead atoms. The van der Waals surface area contributed by atoms with Crippen molar-refractivity contribution in [2.45, 2.75) is 50.6 Å². The summed E-state index contributed by atoms with van der Waals surface area (Å²) in [5.74, 6) is 1.02. The van der Waals surface area contributed by atoms with Gasteiger partial charge in [-0.15, -0.1) is 11.8 Å². The molecular weight excluding hydrogens is 256 g/mol. The molecule has 0 aliphatic heterocycles. The maximum absolute atomic E-state index is 9.24. The summed E-state index contributed by atoms with van der Waals surface area (Å²) < 4.78 is 1.92. The van der Waals surface area contributed by atoms with Gasteiger partial charge in [-0.3, -0.25) is 10.00 Å². The van der Waals surface area contributed by atoms with E-state index in [9.17, 15) is 5.26 Å². The van der Waals surface area contributed by atoms with E-state index in [4.69, 9.17) is 0 Å². The minimum absolute atomic E-state index is 0.390. The van der Waals surface area contributed by atoms with Crippen molar-refractivity contribution in [1.82, 2.24) is 15.1 Å². The zero-order valence-corrected chi connectivity index (χ0v) is 13.2. The standard InChI is InChI=1S/C14H24N4S/c1-5-8-16-14(3,11-15)7-6-9-19-13-10-12(2)17-18(13)4/h10,16H,5-9H2,1-4H3. The lowest BCUT2D eigenvalue weighted by Crippen LogP contribution is -2.41. The number of aryl methyl sites for hydroxylation is 2. The molecule has 1 aromatic heterocycles. The lowest BCUT2D eigenvalue weighted by molar-refractivity contribution is 0.415. The van der Waals surface area contributed by atoms with Crippen molar-refractivity contribution in [2.75, 3.05) is 12.3 Å². The predicted molar refractivity (Wildman–Crippen MR) is 80.2 cm³/mol. The summed E-state index contributed by atoms with van der Waals surface area (Å²) in [5, 5.41) is 18.1. The Hall–Kier alpha value is -0.990. The number of thioether (sulfide) groups is 1. The Bertz CT molecular complexity index is 435. The van der Waals surface area contributed by atoms with Gasteiger partial charge in [-0.2, -0.15) is 10.4 Å². The van der Waals surface area contributed by atoms with Crippen LogP contribution in [0.5, 0.6) is 0 Å². The SMILES string of the molecule is CCCNC(C)(C#N)CCCSc1cc(C)nn1C. The highest BCUT2D eigenvalue weighted by Gasteiger charge is 2.21. The zero-order valence-electron chi connectivity index (χ0n) is 12.4. The maximum atomic E-state index is 9.24. The topological polar surface area (TPSA) is 53.6 Å². The quantitative estimate of drug-likeness (QED) is 0.587. The predicted octanol–water partition coefficient (Wildman–Crippen LogP) is 2.88. The van der Waals surface area contributed by atoms with Crippen molar-refractivity contribution >= 4 is 11.8 Å². The van der Waals surface area contributed by atoms with Crippen molar-refractivity contribution in [3.8, 4) is 6.07 Å². The molecule has 0 aromatic carbocycles. The number of aromatic nitrogens is 2. The van der Waals surface area contributed by atoms with Crippen LogP contribution >= 0.6 is 11.8 Å². The largest absolute Gasteiger partial charge is 0.300 e. The fourth-order valence-corrected chi connectivity index (χ4v) is 2.89. The number of nitrogens with one attached hydrogen (secondary N) is 1. The van der Waals surface area contributed by atoms with Gasteiger partial charge in [-0.1, -0.05) is 6.92 Å². The van der Waals surface area contributed by atoms with Gasteiger partial charge in [0, 0.05) is 7.05 Å². The Labute approximate surface area is 120 Å². The molecule has 1 atom stereocenters. The molecule has 0 aliphatic rings. The third-order valence-corrected chi connectivity index (χ3v) is 4.21. The van der Waals surface area contributed by atoms with E-state index >= 15 is 0 Å². The van der Waals surface area contributed by atoms with E-state index in [0.29, 0.717) is 0 Å². The minimum Gasteiger partial charge on any atom is -0.300 e. The number of nitriles is 1. The number of nitrogens with zero attached hydrogens (tertiary/aromatic N) is 3. The number of rotatable bonds is 8. The molecule has 0 spiro atoms. The van der Waals surface area contributed by atoms with Gasteiger partial charge in [0.1, 0.15) is 5.54 Å². The van der Waals surface area contributed by atoms with Gasteiger partial charge in [0.2, 0.25) is 0 Å². The Morgan fingerprint density at radius 3 is 2.84 bits per heavy atom. The van der Waals surface area contributed by atoms with Crippen molar-refractivity contribution in [2.24, 2.45) is 7.05 Å². The summed E-state index contributed by atoms with van der Waals surface area (Å²) in [6.07, 6.45) is 2.96. The van der Waals surface area contributed by atoms with Crippen molar-refractivity contribution < 1.29 is 0 Å². The molecular formula is C14H24N4S. The molecule has 5 heteroatoms. The van der Waals surface area contributed by atoms with Crippen molar-refractivity contribution in [1.29, 1.82) is 5.26 Å². The van der Waals surface area contributed by atoms with Crippen LogP contribution in [0.15, 0.2) is 11.1 Å². The van der Waals surface area contributed by atoms with Crippen LogP contribution in [-0.4, -0.2) is 27.6 Å². The van der Waals surface area contributed by atoms with Crippen LogP contribution in [0.4, 0.5) is 0 Å². The summed E-state index contributed by atoms with van der Waals surface area (Å²) in [4.78, 5) is 0. The van der Waals surface area contributed by atoms with Crippen molar-refractivity contribution in [3.05, 3.63) is 11.8 Å². The average Bonchev–Trinajstić information content (AvgIpc) is 2.71. The van der Waals surface area contributed by atoms with Crippen LogP contribution in [0.1, 0.15) is 38.8 Å².